The summed E-state index contributed by atoms with van der Waals surface area (Å²) in [5.41, 5.74) is 0.841. The molecule has 0 bridgehead atoms. The van der Waals surface area contributed by atoms with Gasteiger partial charge in [-0.15, -0.1) is 0 Å². The Balaban J connectivity index is 2.18. The maximum absolute atomic E-state index is 11.8. The van der Waals surface area contributed by atoms with Gasteiger partial charge in [-0.05, 0) is 46.9 Å². The highest BCUT2D eigenvalue weighted by Gasteiger charge is 2.10. The molecule has 0 spiro atoms. The van der Waals surface area contributed by atoms with E-state index in [1.165, 1.54) is 6.20 Å². The first-order chi connectivity index (χ1) is 8.20. The van der Waals surface area contributed by atoms with Gasteiger partial charge in [0.15, 0.2) is 0 Å². The van der Waals surface area contributed by atoms with Crippen LogP contribution in [0.1, 0.15) is 15.9 Å². The molecule has 17 heavy (non-hydrogen) atoms. The van der Waals surface area contributed by atoms with Crippen molar-refractivity contribution in [2.45, 2.75) is 0 Å². The average molecular weight is 338 g/mol. The summed E-state index contributed by atoms with van der Waals surface area (Å²) in [5.74, 6) is 0.0400. The molecule has 2 N–H and O–H groups in total. The Morgan fingerprint density at radius 3 is 2.76 bits per heavy atom. The molecule has 0 fully saturated rings. The summed E-state index contributed by atoms with van der Waals surface area (Å²) in [7, 11) is 0. The standard InChI is InChI=1S/C11H7IN4O/c12-9-3-1-7(2-4-9)11(17)15-10-8(5-13)6-14-16-10/h1-4,6H,(H2,14,15,16,17). The molecule has 0 unspecified atom stereocenters. The largest absolute Gasteiger partial charge is 0.306 e. The van der Waals surface area contributed by atoms with E-state index in [2.05, 4.69) is 38.1 Å². The molecular weight excluding hydrogens is 331 g/mol. The fraction of sp³-hybridized carbons (Fsp3) is 0. The van der Waals surface area contributed by atoms with Crippen LogP contribution < -0.4 is 5.32 Å². The fourth-order valence-corrected chi connectivity index (χ4v) is 1.61. The number of benzene rings is 1. The van der Waals surface area contributed by atoms with Crippen molar-refractivity contribution in [2.24, 2.45) is 0 Å². The smallest absolute Gasteiger partial charge is 0.256 e. The quantitative estimate of drug-likeness (QED) is 0.823. The number of carbonyl (C=O) groups excluding carboxylic acids is 1. The van der Waals surface area contributed by atoms with Gasteiger partial charge >= 0.3 is 0 Å². The van der Waals surface area contributed by atoms with Crippen molar-refractivity contribution in [2.75, 3.05) is 5.32 Å². The Morgan fingerprint density at radius 2 is 2.12 bits per heavy atom. The van der Waals surface area contributed by atoms with Crippen molar-refractivity contribution in [3.63, 3.8) is 0 Å². The predicted octanol–water partition coefficient (Wildman–Crippen LogP) is 2.14. The van der Waals surface area contributed by atoms with Gasteiger partial charge in [-0.3, -0.25) is 9.89 Å². The van der Waals surface area contributed by atoms with Gasteiger partial charge in [0.05, 0.1) is 6.20 Å². The topological polar surface area (TPSA) is 81.6 Å². The molecule has 0 aliphatic carbocycles. The summed E-state index contributed by atoms with van der Waals surface area (Å²) >= 11 is 2.16. The van der Waals surface area contributed by atoms with Crippen molar-refractivity contribution in [1.29, 1.82) is 5.26 Å². The van der Waals surface area contributed by atoms with Crippen LogP contribution in [-0.2, 0) is 0 Å². The SMILES string of the molecule is N#Cc1cn[nH]c1NC(=O)c1ccc(I)cc1. The lowest BCUT2D eigenvalue weighted by molar-refractivity contribution is 0.102. The number of aromatic nitrogens is 2. The summed E-state index contributed by atoms with van der Waals surface area (Å²) in [5, 5.41) is 17.6. The first-order valence-corrected chi connectivity index (χ1v) is 5.79. The number of halogens is 1. The summed E-state index contributed by atoms with van der Waals surface area (Å²) in [6.07, 6.45) is 1.36. The minimum absolute atomic E-state index is 0.276. The van der Waals surface area contributed by atoms with Gasteiger partial charge in [-0.25, -0.2) is 0 Å². The lowest BCUT2D eigenvalue weighted by Gasteiger charge is -2.02. The number of nitriles is 1. The Bertz CT molecular complexity index is 582. The maximum Gasteiger partial charge on any atom is 0.256 e. The third kappa shape index (κ3) is 2.62. The summed E-state index contributed by atoms with van der Waals surface area (Å²) in [6.45, 7) is 0. The van der Waals surface area contributed by atoms with E-state index in [1.54, 1.807) is 12.1 Å². The van der Waals surface area contributed by atoms with E-state index in [-0.39, 0.29) is 5.91 Å². The van der Waals surface area contributed by atoms with Crippen LogP contribution in [0.2, 0.25) is 0 Å². The highest BCUT2D eigenvalue weighted by atomic mass is 127. The molecule has 6 heteroatoms. The van der Waals surface area contributed by atoms with Crippen LogP contribution >= 0.6 is 22.6 Å². The summed E-state index contributed by atoms with van der Waals surface area (Å²) < 4.78 is 1.05. The Hall–Kier alpha value is -1.88. The highest BCUT2D eigenvalue weighted by molar-refractivity contribution is 14.1. The molecule has 2 aromatic rings. The number of anilines is 1. The molecule has 84 valence electrons. The molecular formula is C11H7IN4O. The first kappa shape index (κ1) is 11.6. The fourth-order valence-electron chi connectivity index (χ4n) is 1.25. The van der Waals surface area contributed by atoms with E-state index in [9.17, 15) is 4.79 Å². The molecule has 0 radical (unpaired) electrons. The number of aromatic amines is 1. The molecule has 2 rings (SSSR count). The minimum atomic E-state index is -0.276. The van der Waals surface area contributed by atoms with Crippen LogP contribution in [0.5, 0.6) is 0 Å². The zero-order chi connectivity index (χ0) is 12.3. The molecule has 0 atom stereocenters. The van der Waals surface area contributed by atoms with Gasteiger partial charge in [0.2, 0.25) is 0 Å². The molecule has 0 aliphatic rings. The van der Waals surface area contributed by atoms with E-state index in [0.29, 0.717) is 16.9 Å². The summed E-state index contributed by atoms with van der Waals surface area (Å²) in [4.78, 5) is 11.8. The highest BCUT2D eigenvalue weighted by Crippen LogP contribution is 2.12. The normalized spacial score (nSPS) is 9.65. The van der Waals surface area contributed by atoms with Crippen LogP contribution in [0.3, 0.4) is 0 Å². The molecule has 0 saturated carbocycles. The zero-order valence-corrected chi connectivity index (χ0v) is 10.7. The predicted molar refractivity (Wildman–Crippen MR) is 70.4 cm³/mol. The van der Waals surface area contributed by atoms with Gasteiger partial charge in [-0.1, -0.05) is 0 Å². The van der Waals surface area contributed by atoms with Crippen LogP contribution in [0.15, 0.2) is 30.5 Å². The third-order valence-corrected chi connectivity index (χ3v) is 2.82. The second-order valence-corrected chi connectivity index (χ2v) is 4.48. The molecule has 0 saturated heterocycles. The third-order valence-electron chi connectivity index (χ3n) is 2.10. The number of nitrogens with one attached hydrogen (secondary N) is 2. The van der Waals surface area contributed by atoms with E-state index < -0.39 is 0 Å². The average Bonchev–Trinajstić information content (AvgIpc) is 2.77. The number of carbonyl (C=O) groups is 1. The molecule has 1 aromatic heterocycles. The minimum Gasteiger partial charge on any atom is -0.306 e. The van der Waals surface area contributed by atoms with Crippen LogP contribution in [-0.4, -0.2) is 16.1 Å². The Labute approximate surface area is 111 Å². The van der Waals surface area contributed by atoms with Gasteiger partial charge in [-0.2, -0.15) is 10.4 Å². The molecule has 1 aromatic carbocycles. The first-order valence-electron chi connectivity index (χ1n) is 4.71. The lowest BCUT2D eigenvalue weighted by atomic mass is 10.2. The lowest BCUT2D eigenvalue weighted by Crippen LogP contribution is -2.12. The van der Waals surface area contributed by atoms with Gasteiger partial charge in [0.1, 0.15) is 17.5 Å². The van der Waals surface area contributed by atoms with Gasteiger partial charge < -0.3 is 5.32 Å². The van der Waals surface area contributed by atoms with E-state index in [1.807, 2.05) is 18.2 Å². The number of nitrogens with zero attached hydrogens (tertiary/aromatic N) is 2. The van der Waals surface area contributed by atoms with Crippen LogP contribution in [0.4, 0.5) is 5.82 Å². The van der Waals surface area contributed by atoms with Crippen molar-refractivity contribution < 1.29 is 4.79 Å². The zero-order valence-electron chi connectivity index (χ0n) is 8.57. The Morgan fingerprint density at radius 1 is 1.41 bits per heavy atom. The summed E-state index contributed by atoms with van der Waals surface area (Å²) in [6, 6.07) is 9.06. The second-order valence-electron chi connectivity index (χ2n) is 3.23. The van der Waals surface area contributed by atoms with Crippen molar-refractivity contribution in [3.05, 3.63) is 45.2 Å². The van der Waals surface area contributed by atoms with Gasteiger partial charge in [0.25, 0.3) is 5.91 Å². The monoisotopic (exact) mass is 338 g/mol. The number of H-pyrrole nitrogens is 1. The number of amides is 1. The van der Waals surface area contributed by atoms with E-state index in [4.69, 9.17) is 5.26 Å². The molecule has 1 heterocycles. The van der Waals surface area contributed by atoms with Crippen molar-refractivity contribution in [3.8, 4) is 6.07 Å². The van der Waals surface area contributed by atoms with Crippen LogP contribution in [0.25, 0.3) is 0 Å². The van der Waals surface area contributed by atoms with Crippen LogP contribution in [0, 0.1) is 14.9 Å². The van der Waals surface area contributed by atoms with E-state index >= 15 is 0 Å². The number of hydrogen-bond donors (Lipinski definition) is 2. The molecule has 5 nitrogen and oxygen atoms in total. The number of hydrogen-bond acceptors (Lipinski definition) is 3. The maximum atomic E-state index is 11.8. The number of rotatable bonds is 2. The van der Waals surface area contributed by atoms with Gasteiger partial charge in [0, 0.05) is 9.13 Å². The van der Waals surface area contributed by atoms with Crippen molar-refractivity contribution >= 4 is 34.3 Å². The van der Waals surface area contributed by atoms with Crippen molar-refractivity contribution in [1.82, 2.24) is 10.2 Å². The molecule has 0 aliphatic heterocycles. The Kier molecular flexibility index (Phi) is 3.39. The molecule has 1 amide bonds. The van der Waals surface area contributed by atoms with E-state index in [0.717, 1.165) is 3.57 Å². The second kappa shape index (κ2) is 4.97.